The van der Waals surface area contributed by atoms with Crippen molar-refractivity contribution in [1.82, 2.24) is 14.8 Å². The molecule has 2 amide bonds. The maximum absolute atomic E-state index is 13.4. The van der Waals surface area contributed by atoms with E-state index in [0.29, 0.717) is 42.4 Å². The van der Waals surface area contributed by atoms with Crippen LogP contribution in [0.25, 0.3) is 0 Å². The van der Waals surface area contributed by atoms with Crippen LogP contribution in [-0.2, 0) is 6.54 Å². The topological polar surface area (TPSA) is 86.2 Å². The normalized spacial score (nSPS) is 19.5. The summed E-state index contributed by atoms with van der Waals surface area (Å²) in [5.41, 5.74) is 2.51. The molecule has 3 aliphatic rings. The number of pyridine rings is 1. The number of aromatic nitrogens is 1. The largest absolute Gasteiger partial charge is 0.488 e. The van der Waals surface area contributed by atoms with Crippen LogP contribution in [0.4, 0.5) is 20.3 Å². The second-order valence-corrected chi connectivity index (χ2v) is 8.18. The van der Waals surface area contributed by atoms with Gasteiger partial charge in [-0.2, -0.15) is 0 Å². The highest BCUT2D eigenvalue weighted by Crippen LogP contribution is 2.37. The van der Waals surface area contributed by atoms with E-state index in [1.807, 2.05) is 17.0 Å². The van der Waals surface area contributed by atoms with Crippen molar-refractivity contribution in [2.45, 2.75) is 25.3 Å². The molecule has 1 aromatic heterocycles. The number of nitrogens with zero attached hydrogens (tertiary/aromatic N) is 4. The number of likely N-dealkylation sites (tertiary alicyclic amines) is 1. The molecule has 4 heterocycles. The Morgan fingerprint density at radius 2 is 1.97 bits per heavy atom. The molecule has 0 radical (unpaired) electrons. The lowest BCUT2D eigenvalue weighted by molar-refractivity contribution is -0.0494. The molecule has 0 bridgehead atoms. The lowest BCUT2D eigenvalue weighted by Crippen LogP contribution is -2.42. The van der Waals surface area contributed by atoms with E-state index in [2.05, 4.69) is 4.98 Å². The van der Waals surface area contributed by atoms with Gasteiger partial charge in [0.25, 0.3) is 17.7 Å². The monoisotopic (exact) mass is 444 g/mol. The van der Waals surface area contributed by atoms with Gasteiger partial charge in [-0.15, -0.1) is 0 Å². The molecule has 1 aromatic carbocycles. The number of fused-ring (bicyclic) bond motifs is 2. The SMILES string of the molecule is O=C(c1cnc2c(c1)OCCN2c1ccc2c(c1)CN(CO)C2=O)N1CCC(F)(F)CC1. The summed E-state index contributed by atoms with van der Waals surface area (Å²) < 4.78 is 32.6. The number of anilines is 2. The third-order valence-corrected chi connectivity index (χ3v) is 6.14. The van der Waals surface area contributed by atoms with Gasteiger partial charge in [0.2, 0.25) is 0 Å². The highest BCUT2D eigenvalue weighted by molar-refractivity contribution is 5.99. The third kappa shape index (κ3) is 3.54. The summed E-state index contributed by atoms with van der Waals surface area (Å²) in [5.74, 6) is -2.27. The molecule has 0 aliphatic carbocycles. The van der Waals surface area contributed by atoms with E-state index >= 15 is 0 Å². The molecule has 0 saturated carbocycles. The zero-order valence-electron chi connectivity index (χ0n) is 17.3. The van der Waals surface area contributed by atoms with Gasteiger partial charge in [0.15, 0.2) is 11.6 Å². The minimum Gasteiger partial charge on any atom is -0.488 e. The van der Waals surface area contributed by atoms with Crippen LogP contribution >= 0.6 is 0 Å². The predicted octanol–water partition coefficient (Wildman–Crippen LogP) is 2.39. The molecule has 3 aliphatic heterocycles. The van der Waals surface area contributed by atoms with E-state index in [1.54, 1.807) is 12.1 Å². The molecule has 8 nitrogen and oxygen atoms in total. The number of alkyl halides is 2. The van der Waals surface area contributed by atoms with Crippen molar-refractivity contribution in [2.75, 3.05) is 37.9 Å². The number of aliphatic hydroxyl groups is 1. The van der Waals surface area contributed by atoms with Gasteiger partial charge in [-0.3, -0.25) is 9.59 Å². The average Bonchev–Trinajstić information content (AvgIpc) is 3.12. The molecular formula is C22H22F2N4O4. The van der Waals surface area contributed by atoms with Crippen molar-refractivity contribution in [2.24, 2.45) is 0 Å². The van der Waals surface area contributed by atoms with E-state index in [1.165, 1.54) is 16.0 Å². The van der Waals surface area contributed by atoms with Gasteiger partial charge in [-0.25, -0.2) is 13.8 Å². The Kier molecular flexibility index (Phi) is 4.96. The summed E-state index contributed by atoms with van der Waals surface area (Å²) in [4.78, 5) is 34.2. The Morgan fingerprint density at radius 1 is 1.19 bits per heavy atom. The van der Waals surface area contributed by atoms with Gasteiger partial charge < -0.3 is 24.5 Å². The molecule has 32 heavy (non-hydrogen) atoms. The molecule has 0 atom stereocenters. The highest BCUT2D eigenvalue weighted by Gasteiger charge is 2.36. The maximum Gasteiger partial charge on any atom is 0.256 e. The Hall–Kier alpha value is -3.27. The van der Waals surface area contributed by atoms with E-state index in [9.17, 15) is 23.5 Å². The summed E-state index contributed by atoms with van der Waals surface area (Å²) in [7, 11) is 0. The van der Waals surface area contributed by atoms with E-state index in [-0.39, 0.29) is 44.5 Å². The first-order valence-electron chi connectivity index (χ1n) is 10.5. The van der Waals surface area contributed by atoms with Crippen LogP contribution in [0, 0.1) is 0 Å². The van der Waals surface area contributed by atoms with Crippen molar-refractivity contribution in [3.05, 3.63) is 47.2 Å². The number of piperidine rings is 1. The number of hydrogen-bond donors (Lipinski definition) is 1. The summed E-state index contributed by atoms with van der Waals surface area (Å²) >= 11 is 0. The summed E-state index contributed by atoms with van der Waals surface area (Å²) in [6, 6.07) is 7.06. The zero-order valence-corrected chi connectivity index (χ0v) is 17.3. The van der Waals surface area contributed by atoms with E-state index in [0.717, 1.165) is 11.3 Å². The molecule has 2 aromatic rings. The van der Waals surface area contributed by atoms with Gasteiger partial charge in [0.05, 0.1) is 12.1 Å². The lowest BCUT2D eigenvalue weighted by Gasteiger charge is -2.33. The highest BCUT2D eigenvalue weighted by atomic mass is 19.3. The van der Waals surface area contributed by atoms with Crippen molar-refractivity contribution in [1.29, 1.82) is 0 Å². The predicted molar refractivity (Wildman–Crippen MR) is 110 cm³/mol. The number of aliphatic hydroxyl groups excluding tert-OH is 1. The summed E-state index contributed by atoms with van der Waals surface area (Å²) in [6.45, 7) is 0.927. The zero-order chi connectivity index (χ0) is 22.5. The maximum atomic E-state index is 13.4. The molecule has 168 valence electrons. The fourth-order valence-electron chi connectivity index (χ4n) is 4.34. The number of benzene rings is 1. The van der Waals surface area contributed by atoms with E-state index < -0.39 is 5.92 Å². The smallest absolute Gasteiger partial charge is 0.256 e. The van der Waals surface area contributed by atoms with Gasteiger partial charge in [0, 0.05) is 49.9 Å². The van der Waals surface area contributed by atoms with Gasteiger partial charge in [-0.05, 0) is 29.8 Å². The molecule has 1 fully saturated rings. The Labute approximate surface area is 183 Å². The van der Waals surface area contributed by atoms with Crippen molar-refractivity contribution >= 4 is 23.3 Å². The minimum absolute atomic E-state index is 0.00854. The molecule has 1 N–H and O–H groups in total. The first-order chi connectivity index (χ1) is 15.4. The van der Waals surface area contributed by atoms with Crippen LogP contribution < -0.4 is 9.64 Å². The van der Waals surface area contributed by atoms with Crippen molar-refractivity contribution in [3.8, 4) is 5.75 Å². The van der Waals surface area contributed by atoms with Gasteiger partial charge in [-0.1, -0.05) is 0 Å². The fourth-order valence-corrected chi connectivity index (χ4v) is 4.34. The number of amides is 2. The molecule has 1 saturated heterocycles. The van der Waals surface area contributed by atoms with E-state index in [4.69, 9.17) is 4.74 Å². The van der Waals surface area contributed by atoms with Crippen LogP contribution in [0.2, 0.25) is 0 Å². The number of hydrogen-bond acceptors (Lipinski definition) is 6. The number of ether oxygens (including phenoxy) is 1. The van der Waals surface area contributed by atoms with Crippen LogP contribution in [0.3, 0.4) is 0 Å². The first kappa shape index (κ1) is 20.6. The van der Waals surface area contributed by atoms with Crippen LogP contribution in [0.1, 0.15) is 39.1 Å². The lowest BCUT2D eigenvalue weighted by atomic mass is 10.1. The van der Waals surface area contributed by atoms with Crippen LogP contribution in [0.15, 0.2) is 30.5 Å². The van der Waals surface area contributed by atoms with Gasteiger partial charge in [0.1, 0.15) is 13.3 Å². The Balaban J connectivity index is 1.39. The standard InChI is InChI=1S/C22H22F2N4O4/c23-22(24)3-5-26(6-4-22)20(30)14-10-18-19(25-11-14)28(7-8-32-18)16-1-2-17-15(9-16)12-27(13-29)21(17)31/h1-2,9-11,29H,3-8,12-13H2. The molecule has 0 spiro atoms. The summed E-state index contributed by atoms with van der Waals surface area (Å²) in [6.07, 6.45) is 0.770. The molecular weight excluding hydrogens is 422 g/mol. The summed E-state index contributed by atoms with van der Waals surface area (Å²) in [5, 5.41) is 9.35. The quantitative estimate of drug-likeness (QED) is 0.783. The third-order valence-electron chi connectivity index (χ3n) is 6.14. The molecule has 5 rings (SSSR count). The van der Waals surface area contributed by atoms with Crippen LogP contribution in [-0.4, -0.2) is 70.6 Å². The average molecular weight is 444 g/mol. The van der Waals surface area contributed by atoms with Crippen LogP contribution in [0.5, 0.6) is 5.75 Å². The Bertz CT molecular complexity index is 1080. The molecule has 10 heteroatoms. The van der Waals surface area contributed by atoms with Crippen molar-refractivity contribution in [3.63, 3.8) is 0 Å². The minimum atomic E-state index is -2.72. The fraction of sp³-hybridized carbons (Fsp3) is 0.409. The number of halogens is 2. The second kappa shape index (κ2) is 7.70. The molecule has 0 unspecified atom stereocenters. The number of carbonyl (C=O) groups is 2. The van der Waals surface area contributed by atoms with Gasteiger partial charge >= 0.3 is 0 Å². The first-order valence-corrected chi connectivity index (χ1v) is 10.5. The Morgan fingerprint density at radius 3 is 2.72 bits per heavy atom. The number of rotatable bonds is 3. The number of carbonyl (C=O) groups excluding carboxylic acids is 2. The second-order valence-electron chi connectivity index (χ2n) is 8.18. The van der Waals surface area contributed by atoms with Crippen molar-refractivity contribution < 1.29 is 28.2 Å².